The van der Waals surface area contributed by atoms with Crippen molar-refractivity contribution in [3.63, 3.8) is 0 Å². The van der Waals surface area contributed by atoms with Crippen molar-refractivity contribution in [3.8, 4) is 5.75 Å². The third-order valence-corrected chi connectivity index (χ3v) is 6.64. The van der Waals surface area contributed by atoms with Gasteiger partial charge in [0.2, 0.25) is 5.91 Å². The molecule has 1 aliphatic heterocycles. The lowest BCUT2D eigenvalue weighted by Crippen LogP contribution is -2.56. The van der Waals surface area contributed by atoms with Gasteiger partial charge in [-0.2, -0.15) is 0 Å². The molecule has 1 aromatic carbocycles. The number of carbonyl (C=O) groups excluding carboxylic acids is 1. The van der Waals surface area contributed by atoms with Gasteiger partial charge in [-0.3, -0.25) is 9.69 Å². The smallest absolute Gasteiger partial charge is 0.234 e. The molecule has 0 unspecified atom stereocenters. The molecule has 0 bridgehead atoms. The van der Waals surface area contributed by atoms with Gasteiger partial charge in [-0.15, -0.1) is 0 Å². The van der Waals surface area contributed by atoms with Crippen LogP contribution in [0.4, 0.5) is 0 Å². The number of ether oxygens (including phenoxy) is 1. The number of hydrogen-bond acceptors (Lipinski definition) is 5. The molecule has 1 aromatic heterocycles. The second kappa shape index (κ2) is 9.23. The molecule has 2 aromatic rings. The van der Waals surface area contributed by atoms with E-state index >= 15 is 0 Å². The van der Waals surface area contributed by atoms with Crippen LogP contribution in [0, 0.1) is 5.92 Å². The van der Waals surface area contributed by atoms with E-state index in [0.717, 1.165) is 43.9 Å². The third-order valence-electron chi connectivity index (χ3n) is 6.64. The third kappa shape index (κ3) is 4.55. The Kier molecular flexibility index (Phi) is 6.44. The number of hydrogen-bond donors (Lipinski definition) is 2. The highest BCUT2D eigenvalue weighted by Crippen LogP contribution is 2.49. The molecule has 4 rings (SSSR count). The first-order chi connectivity index (χ1) is 14.6. The molecule has 2 heterocycles. The van der Waals surface area contributed by atoms with Crippen LogP contribution in [0.3, 0.4) is 0 Å². The van der Waals surface area contributed by atoms with Crippen LogP contribution in [0.25, 0.3) is 0 Å². The fraction of sp³-hybridized carbons (Fsp3) is 0.542. The van der Waals surface area contributed by atoms with Gasteiger partial charge in [0.05, 0.1) is 31.6 Å². The van der Waals surface area contributed by atoms with Crippen molar-refractivity contribution in [1.29, 1.82) is 0 Å². The molecule has 1 saturated heterocycles. The molecule has 162 valence electrons. The molecular formula is C24H32N2O4. The Balaban J connectivity index is 1.45. The van der Waals surface area contributed by atoms with E-state index in [1.807, 2.05) is 37.3 Å². The molecule has 2 fully saturated rings. The van der Waals surface area contributed by atoms with Gasteiger partial charge in [0.25, 0.3) is 0 Å². The summed E-state index contributed by atoms with van der Waals surface area (Å²) in [5.74, 6) is 1.98. The summed E-state index contributed by atoms with van der Waals surface area (Å²) >= 11 is 0. The van der Waals surface area contributed by atoms with Gasteiger partial charge in [-0.1, -0.05) is 18.2 Å². The molecule has 0 radical (unpaired) electrons. The topological polar surface area (TPSA) is 74.9 Å². The molecule has 1 saturated carbocycles. The van der Waals surface area contributed by atoms with Crippen LogP contribution in [0.2, 0.25) is 0 Å². The summed E-state index contributed by atoms with van der Waals surface area (Å²) in [6, 6.07) is 11.9. The van der Waals surface area contributed by atoms with Crippen molar-refractivity contribution in [3.05, 3.63) is 54.0 Å². The minimum absolute atomic E-state index is 0.0149. The zero-order valence-corrected chi connectivity index (χ0v) is 17.7. The maximum atomic E-state index is 12.5. The van der Waals surface area contributed by atoms with Crippen molar-refractivity contribution in [2.75, 3.05) is 26.2 Å². The number of carbonyl (C=O) groups is 1. The highest BCUT2D eigenvalue weighted by molar-refractivity contribution is 5.77. The van der Waals surface area contributed by atoms with Crippen LogP contribution in [0.5, 0.6) is 5.75 Å². The van der Waals surface area contributed by atoms with Crippen molar-refractivity contribution in [2.45, 2.75) is 50.7 Å². The van der Waals surface area contributed by atoms with E-state index in [4.69, 9.17) is 9.15 Å². The fourth-order valence-corrected chi connectivity index (χ4v) is 5.17. The van der Waals surface area contributed by atoms with E-state index in [2.05, 4.69) is 16.3 Å². The van der Waals surface area contributed by atoms with Crippen LogP contribution >= 0.6 is 0 Å². The Morgan fingerprint density at radius 2 is 2.17 bits per heavy atom. The maximum Gasteiger partial charge on any atom is 0.234 e. The Hall–Kier alpha value is -2.31. The minimum Gasteiger partial charge on any atom is -0.494 e. The number of amides is 1. The maximum absolute atomic E-state index is 12.5. The molecule has 1 aliphatic carbocycles. The molecular weight excluding hydrogens is 380 g/mol. The first-order valence-electron chi connectivity index (χ1n) is 11.0. The summed E-state index contributed by atoms with van der Waals surface area (Å²) < 4.78 is 11.2. The zero-order valence-electron chi connectivity index (χ0n) is 17.7. The number of benzene rings is 1. The first kappa shape index (κ1) is 20.9. The van der Waals surface area contributed by atoms with E-state index in [1.54, 1.807) is 6.26 Å². The lowest BCUT2D eigenvalue weighted by atomic mass is 9.63. The van der Waals surface area contributed by atoms with Crippen molar-refractivity contribution >= 4 is 5.91 Å². The van der Waals surface area contributed by atoms with Gasteiger partial charge in [0.1, 0.15) is 11.5 Å². The largest absolute Gasteiger partial charge is 0.494 e. The minimum atomic E-state index is -0.663. The van der Waals surface area contributed by atoms with Gasteiger partial charge in [0, 0.05) is 19.0 Å². The number of likely N-dealkylation sites (tertiary alicyclic amines) is 1. The normalized spacial score (nSPS) is 26.7. The summed E-state index contributed by atoms with van der Waals surface area (Å²) in [4.78, 5) is 14.6. The van der Waals surface area contributed by atoms with Gasteiger partial charge < -0.3 is 19.6 Å². The number of rotatable bonds is 7. The highest BCUT2D eigenvalue weighted by Gasteiger charge is 2.48. The van der Waals surface area contributed by atoms with E-state index < -0.39 is 5.60 Å². The summed E-state index contributed by atoms with van der Waals surface area (Å²) in [5.41, 5.74) is 0.523. The van der Waals surface area contributed by atoms with E-state index in [9.17, 15) is 9.90 Å². The van der Waals surface area contributed by atoms with Crippen LogP contribution in [0.15, 0.2) is 47.1 Å². The Morgan fingerprint density at radius 3 is 2.97 bits per heavy atom. The fourth-order valence-electron chi connectivity index (χ4n) is 5.17. The lowest BCUT2D eigenvalue weighted by Gasteiger charge is -2.51. The van der Waals surface area contributed by atoms with Crippen LogP contribution in [-0.2, 0) is 11.3 Å². The predicted molar refractivity (Wildman–Crippen MR) is 114 cm³/mol. The molecule has 3 atom stereocenters. The number of nitrogens with zero attached hydrogens (tertiary/aromatic N) is 1. The van der Waals surface area contributed by atoms with E-state index in [0.29, 0.717) is 26.1 Å². The predicted octanol–water partition coefficient (Wildman–Crippen LogP) is 3.32. The second-order valence-electron chi connectivity index (χ2n) is 8.52. The van der Waals surface area contributed by atoms with Gasteiger partial charge >= 0.3 is 0 Å². The number of furan rings is 1. The zero-order chi connectivity index (χ0) is 21.0. The van der Waals surface area contributed by atoms with Gasteiger partial charge in [0.15, 0.2) is 0 Å². The first-order valence-corrected chi connectivity index (χ1v) is 11.0. The van der Waals surface area contributed by atoms with Crippen molar-refractivity contribution in [1.82, 2.24) is 10.2 Å². The molecule has 30 heavy (non-hydrogen) atoms. The lowest BCUT2D eigenvalue weighted by molar-refractivity contribution is -0.129. The van der Waals surface area contributed by atoms with Crippen molar-refractivity contribution < 1.29 is 19.1 Å². The standard InChI is InChI=1S/C24H32N2O4/c1-2-29-22-10-4-3-8-20(22)19-9-5-11-24(28)12-13-26(16-21(19)24)17-23(27)25-15-18-7-6-14-30-18/h3-4,6-8,10,14,19,21,28H,2,5,9,11-13,15-17H2,1H3,(H,25,27)/t19-,21-,24-/m0/s1. The van der Waals surface area contributed by atoms with E-state index in [-0.39, 0.29) is 17.7 Å². The van der Waals surface area contributed by atoms with Crippen LogP contribution in [0.1, 0.15) is 49.8 Å². The summed E-state index contributed by atoms with van der Waals surface area (Å²) in [6.07, 6.45) is 5.20. The molecule has 2 N–H and O–H groups in total. The summed E-state index contributed by atoms with van der Waals surface area (Å²) in [6.45, 7) is 4.82. The number of nitrogens with one attached hydrogen (secondary N) is 1. The quantitative estimate of drug-likeness (QED) is 0.730. The Bertz CT molecular complexity index is 837. The highest BCUT2D eigenvalue weighted by atomic mass is 16.5. The van der Waals surface area contributed by atoms with Gasteiger partial charge in [-0.25, -0.2) is 0 Å². The SMILES string of the molecule is CCOc1ccccc1[C@@H]1CCC[C@]2(O)CCN(CC(=O)NCc3ccco3)C[C@@H]12. The number of fused-ring (bicyclic) bond motifs is 1. The molecule has 0 spiro atoms. The Labute approximate surface area is 178 Å². The number of piperidine rings is 1. The summed E-state index contributed by atoms with van der Waals surface area (Å²) in [7, 11) is 0. The molecule has 6 heteroatoms. The van der Waals surface area contributed by atoms with Crippen LogP contribution in [-0.4, -0.2) is 47.8 Å². The number of aliphatic hydroxyl groups is 1. The number of para-hydroxylation sites is 1. The Morgan fingerprint density at radius 1 is 1.30 bits per heavy atom. The summed E-state index contributed by atoms with van der Waals surface area (Å²) in [5, 5.41) is 14.4. The van der Waals surface area contributed by atoms with Gasteiger partial charge in [-0.05, 0) is 62.3 Å². The molecule has 1 amide bonds. The monoisotopic (exact) mass is 412 g/mol. The molecule has 6 nitrogen and oxygen atoms in total. The van der Waals surface area contributed by atoms with Crippen LogP contribution < -0.4 is 10.1 Å². The second-order valence-corrected chi connectivity index (χ2v) is 8.52. The van der Waals surface area contributed by atoms with E-state index in [1.165, 1.54) is 5.56 Å². The molecule has 2 aliphatic rings. The van der Waals surface area contributed by atoms with Crippen molar-refractivity contribution in [2.24, 2.45) is 5.92 Å². The average Bonchev–Trinajstić information content (AvgIpc) is 3.27. The average molecular weight is 413 g/mol.